The molecular formula is C16H19NO2. The van der Waals surface area contributed by atoms with E-state index >= 15 is 0 Å². The van der Waals surface area contributed by atoms with E-state index in [2.05, 4.69) is 24.4 Å². The number of carbonyl (C=O) groups is 1. The molecule has 1 fully saturated rings. The maximum Gasteiger partial charge on any atom is 0.287 e. The summed E-state index contributed by atoms with van der Waals surface area (Å²) in [5.41, 5.74) is 3.01. The van der Waals surface area contributed by atoms with Gasteiger partial charge < -0.3 is 9.73 Å². The SMILES string of the molecule is CCc1ccc2oc(C(=O)NCC3CC3)c(C)c2c1. The number of carbonyl (C=O) groups excluding carboxylic acids is 1. The van der Waals surface area contributed by atoms with Gasteiger partial charge in [0.25, 0.3) is 5.91 Å². The van der Waals surface area contributed by atoms with Crippen LogP contribution in [0.4, 0.5) is 0 Å². The van der Waals surface area contributed by atoms with E-state index in [-0.39, 0.29) is 5.91 Å². The topological polar surface area (TPSA) is 42.2 Å². The van der Waals surface area contributed by atoms with Crippen LogP contribution < -0.4 is 5.32 Å². The number of hydrogen-bond donors (Lipinski definition) is 1. The zero-order chi connectivity index (χ0) is 13.4. The van der Waals surface area contributed by atoms with Gasteiger partial charge in [0.1, 0.15) is 5.58 Å². The van der Waals surface area contributed by atoms with Crippen molar-refractivity contribution in [3.05, 3.63) is 35.1 Å². The van der Waals surface area contributed by atoms with Gasteiger partial charge in [-0.2, -0.15) is 0 Å². The average Bonchev–Trinajstić information content (AvgIpc) is 3.20. The standard InChI is InChI=1S/C16H19NO2/c1-3-11-6-7-14-13(8-11)10(2)15(19-14)16(18)17-9-12-4-5-12/h6-8,12H,3-5,9H2,1-2H3,(H,17,18). The third-order valence-electron chi connectivity index (χ3n) is 3.86. The lowest BCUT2D eigenvalue weighted by Crippen LogP contribution is -2.25. The van der Waals surface area contributed by atoms with Crippen LogP contribution in [0.2, 0.25) is 0 Å². The highest BCUT2D eigenvalue weighted by Crippen LogP contribution is 2.29. The first-order valence-electron chi connectivity index (χ1n) is 6.99. The van der Waals surface area contributed by atoms with Crippen molar-refractivity contribution < 1.29 is 9.21 Å². The number of furan rings is 1. The van der Waals surface area contributed by atoms with Crippen molar-refractivity contribution in [3.63, 3.8) is 0 Å². The Labute approximate surface area is 113 Å². The molecule has 0 aliphatic heterocycles. The molecule has 3 nitrogen and oxygen atoms in total. The highest BCUT2D eigenvalue weighted by Gasteiger charge is 2.24. The van der Waals surface area contributed by atoms with Crippen molar-refractivity contribution in [3.8, 4) is 0 Å². The molecule has 3 rings (SSSR count). The normalized spacial score (nSPS) is 14.8. The fourth-order valence-corrected chi connectivity index (χ4v) is 2.34. The molecule has 0 atom stereocenters. The van der Waals surface area contributed by atoms with E-state index in [1.807, 2.05) is 13.0 Å². The molecule has 1 heterocycles. The summed E-state index contributed by atoms with van der Waals surface area (Å²) in [7, 11) is 0. The molecule has 1 aromatic carbocycles. The van der Waals surface area contributed by atoms with E-state index in [0.29, 0.717) is 11.7 Å². The van der Waals surface area contributed by atoms with Crippen LogP contribution in [0.15, 0.2) is 22.6 Å². The fraction of sp³-hybridized carbons (Fsp3) is 0.438. The van der Waals surface area contributed by atoms with E-state index < -0.39 is 0 Å². The molecule has 1 aromatic heterocycles. The lowest BCUT2D eigenvalue weighted by Gasteiger charge is -2.01. The lowest BCUT2D eigenvalue weighted by molar-refractivity contribution is 0.0925. The fourth-order valence-electron chi connectivity index (χ4n) is 2.34. The first-order valence-corrected chi connectivity index (χ1v) is 6.99. The Morgan fingerprint density at radius 1 is 1.42 bits per heavy atom. The Kier molecular flexibility index (Phi) is 3.05. The molecule has 3 heteroatoms. The Bertz CT molecular complexity index is 623. The molecule has 0 radical (unpaired) electrons. The van der Waals surface area contributed by atoms with Crippen molar-refractivity contribution in [1.82, 2.24) is 5.32 Å². The van der Waals surface area contributed by atoms with E-state index in [4.69, 9.17) is 4.42 Å². The van der Waals surface area contributed by atoms with Crippen LogP contribution in [0, 0.1) is 12.8 Å². The highest BCUT2D eigenvalue weighted by atomic mass is 16.3. The van der Waals surface area contributed by atoms with Gasteiger partial charge in [0.15, 0.2) is 5.76 Å². The number of rotatable bonds is 4. The number of benzene rings is 1. The maximum atomic E-state index is 12.1. The third-order valence-corrected chi connectivity index (χ3v) is 3.86. The minimum atomic E-state index is -0.0846. The van der Waals surface area contributed by atoms with Gasteiger partial charge in [-0.15, -0.1) is 0 Å². The summed E-state index contributed by atoms with van der Waals surface area (Å²) >= 11 is 0. The van der Waals surface area contributed by atoms with Crippen molar-refractivity contribution in [1.29, 1.82) is 0 Å². The quantitative estimate of drug-likeness (QED) is 0.911. The molecule has 1 amide bonds. The molecule has 100 valence electrons. The van der Waals surface area contributed by atoms with Gasteiger partial charge >= 0.3 is 0 Å². The first kappa shape index (κ1) is 12.3. The highest BCUT2D eigenvalue weighted by molar-refractivity contribution is 5.99. The molecule has 19 heavy (non-hydrogen) atoms. The number of nitrogens with one attached hydrogen (secondary N) is 1. The van der Waals surface area contributed by atoms with E-state index in [1.54, 1.807) is 0 Å². The predicted octanol–water partition coefficient (Wildman–Crippen LogP) is 3.44. The summed E-state index contributed by atoms with van der Waals surface area (Å²) in [6, 6.07) is 6.13. The molecule has 0 unspecified atom stereocenters. The minimum absolute atomic E-state index is 0.0846. The van der Waals surface area contributed by atoms with Gasteiger partial charge in [0, 0.05) is 17.5 Å². The molecule has 0 bridgehead atoms. The van der Waals surface area contributed by atoms with Gasteiger partial charge in [0.2, 0.25) is 0 Å². The molecular weight excluding hydrogens is 238 g/mol. The molecule has 1 aliphatic rings. The predicted molar refractivity (Wildman–Crippen MR) is 75.4 cm³/mol. The molecule has 2 aromatic rings. The smallest absolute Gasteiger partial charge is 0.287 e. The van der Waals surface area contributed by atoms with Crippen LogP contribution in [0.3, 0.4) is 0 Å². The van der Waals surface area contributed by atoms with Crippen LogP contribution in [-0.4, -0.2) is 12.5 Å². The summed E-state index contributed by atoms with van der Waals surface area (Å²) in [5.74, 6) is 1.06. The monoisotopic (exact) mass is 257 g/mol. The maximum absolute atomic E-state index is 12.1. The van der Waals surface area contributed by atoms with Crippen LogP contribution >= 0.6 is 0 Å². The molecule has 1 N–H and O–H groups in total. The second kappa shape index (κ2) is 4.72. The van der Waals surface area contributed by atoms with Gasteiger partial charge in [-0.05, 0) is 49.8 Å². The van der Waals surface area contributed by atoms with Crippen molar-refractivity contribution in [2.24, 2.45) is 5.92 Å². The first-order chi connectivity index (χ1) is 9.19. The van der Waals surface area contributed by atoms with Gasteiger partial charge in [-0.1, -0.05) is 13.0 Å². The Morgan fingerprint density at radius 3 is 2.89 bits per heavy atom. The number of amides is 1. The molecule has 1 aliphatic carbocycles. The second-order valence-corrected chi connectivity index (χ2v) is 5.39. The molecule has 1 saturated carbocycles. The van der Waals surface area contributed by atoms with Crippen molar-refractivity contribution >= 4 is 16.9 Å². The van der Waals surface area contributed by atoms with E-state index in [0.717, 1.165) is 29.5 Å². The van der Waals surface area contributed by atoms with Crippen LogP contribution in [-0.2, 0) is 6.42 Å². The van der Waals surface area contributed by atoms with E-state index in [1.165, 1.54) is 18.4 Å². The van der Waals surface area contributed by atoms with Gasteiger partial charge in [0.05, 0.1) is 0 Å². The summed E-state index contributed by atoms with van der Waals surface area (Å²) in [4.78, 5) is 12.1. The zero-order valence-corrected chi connectivity index (χ0v) is 11.5. The summed E-state index contributed by atoms with van der Waals surface area (Å²) in [6.45, 7) is 4.85. The third kappa shape index (κ3) is 2.37. The van der Waals surface area contributed by atoms with Crippen LogP contribution in [0.5, 0.6) is 0 Å². The zero-order valence-electron chi connectivity index (χ0n) is 11.5. The van der Waals surface area contributed by atoms with Gasteiger partial charge in [-0.3, -0.25) is 4.79 Å². The average molecular weight is 257 g/mol. The second-order valence-electron chi connectivity index (χ2n) is 5.39. The van der Waals surface area contributed by atoms with Crippen molar-refractivity contribution in [2.75, 3.05) is 6.54 Å². The summed E-state index contributed by atoms with van der Waals surface area (Å²) in [6.07, 6.45) is 3.46. The number of fused-ring (bicyclic) bond motifs is 1. The van der Waals surface area contributed by atoms with Gasteiger partial charge in [-0.25, -0.2) is 0 Å². The summed E-state index contributed by atoms with van der Waals surface area (Å²) in [5, 5.41) is 4.01. The molecule has 0 saturated heterocycles. The number of hydrogen-bond acceptors (Lipinski definition) is 2. The largest absolute Gasteiger partial charge is 0.451 e. The Morgan fingerprint density at radius 2 is 2.21 bits per heavy atom. The molecule has 0 spiro atoms. The van der Waals surface area contributed by atoms with Crippen LogP contribution in [0.1, 0.15) is 41.4 Å². The minimum Gasteiger partial charge on any atom is -0.451 e. The number of aryl methyl sites for hydroxylation is 2. The summed E-state index contributed by atoms with van der Waals surface area (Å²) < 4.78 is 5.70. The van der Waals surface area contributed by atoms with E-state index in [9.17, 15) is 4.79 Å². The Hall–Kier alpha value is -1.77. The Balaban J connectivity index is 1.89. The lowest BCUT2D eigenvalue weighted by atomic mass is 10.1. The van der Waals surface area contributed by atoms with Crippen LogP contribution in [0.25, 0.3) is 11.0 Å². The van der Waals surface area contributed by atoms with Crippen molar-refractivity contribution in [2.45, 2.75) is 33.1 Å².